The van der Waals surface area contributed by atoms with Gasteiger partial charge in [-0.2, -0.15) is 4.98 Å². The maximum Gasteiger partial charge on any atom is 0.299 e. The molecule has 0 unspecified atom stereocenters. The molecule has 0 aliphatic carbocycles. The van der Waals surface area contributed by atoms with E-state index in [0.29, 0.717) is 24.3 Å². The van der Waals surface area contributed by atoms with Crippen molar-refractivity contribution in [1.29, 1.82) is 0 Å². The molecule has 0 saturated carbocycles. The number of hydrogen-bond donors (Lipinski definition) is 2. The quantitative estimate of drug-likeness (QED) is 0.439. The number of H-pyrrole nitrogens is 1. The second kappa shape index (κ2) is 7.05. The number of ether oxygens (including phenoxy) is 1. The lowest BCUT2D eigenvalue weighted by Gasteiger charge is -2.18. The summed E-state index contributed by atoms with van der Waals surface area (Å²) in [6.07, 6.45) is 6.43. The number of aromatic amines is 1. The first-order chi connectivity index (χ1) is 15.6. The van der Waals surface area contributed by atoms with Crippen LogP contribution in [-0.2, 0) is 12.0 Å². The molecule has 0 radical (unpaired) electrons. The predicted octanol–water partition coefficient (Wildman–Crippen LogP) is 4.15. The van der Waals surface area contributed by atoms with Crippen molar-refractivity contribution >= 4 is 27.9 Å². The molecule has 1 aliphatic rings. The first-order valence-corrected chi connectivity index (χ1v) is 10.7. The molecule has 8 nitrogen and oxygen atoms in total. The van der Waals surface area contributed by atoms with Gasteiger partial charge in [0, 0.05) is 41.6 Å². The molecule has 6 rings (SSSR count). The third kappa shape index (κ3) is 2.98. The second-order valence-electron chi connectivity index (χ2n) is 8.67. The van der Waals surface area contributed by atoms with E-state index in [1.807, 2.05) is 18.2 Å². The van der Waals surface area contributed by atoms with Crippen molar-refractivity contribution < 1.29 is 4.74 Å². The number of benzene rings is 1. The number of pyridine rings is 1. The molecule has 0 amide bonds. The number of anilines is 1. The summed E-state index contributed by atoms with van der Waals surface area (Å²) in [7, 11) is 0. The van der Waals surface area contributed by atoms with Crippen molar-refractivity contribution in [1.82, 2.24) is 29.5 Å². The molecule has 160 valence electrons. The highest BCUT2D eigenvalue weighted by molar-refractivity contribution is 5.87. The third-order valence-electron chi connectivity index (χ3n) is 5.94. The Bertz CT molecular complexity index is 1440. The van der Waals surface area contributed by atoms with Gasteiger partial charge in [0.1, 0.15) is 6.61 Å². The zero-order valence-corrected chi connectivity index (χ0v) is 18.0. The monoisotopic (exact) mass is 425 g/mol. The molecule has 0 spiro atoms. The van der Waals surface area contributed by atoms with Crippen molar-refractivity contribution in [3.05, 3.63) is 60.6 Å². The van der Waals surface area contributed by atoms with Crippen molar-refractivity contribution in [2.24, 2.45) is 0 Å². The predicted molar refractivity (Wildman–Crippen MR) is 124 cm³/mol. The van der Waals surface area contributed by atoms with Crippen LogP contribution in [0.25, 0.3) is 33.5 Å². The van der Waals surface area contributed by atoms with Gasteiger partial charge in [0.2, 0.25) is 0 Å². The molecule has 0 atom stereocenters. The van der Waals surface area contributed by atoms with Crippen LogP contribution < -0.4 is 10.1 Å². The molecule has 5 heterocycles. The van der Waals surface area contributed by atoms with Crippen LogP contribution in [0.4, 0.5) is 5.82 Å². The molecule has 2 N–H and O–H groups in total. The lowest BCUT2D eigenvalue weighted by Crippen LogP contribution is -2.25. The van der Waals surface area contributed by atoms with Gasteiger partial charge in [0.15, 0.2) is 22.8 Å². The lowest BCUT2D eigenvalue weighted by molar-refractivity contribution is 0.268. The van der Waals surface area contributed by atoms with Gasteiger partial charge in [-0.05, 0) is 44.0 Å². The number of fused-ring (bicyclic) bond motifs is 4. The number of rotatable bonds is 5. The molecule has 1 aliphatic heterocycles. The maximum absolute atomic E-state index is 5.85. The summed E-state index contributed by atoms with van der Waals surface area (Å²) in [5.41, 5.74) is 4.61. The van der Waals surface area contributed by atoms with E-state index in [2.05, 4.69) is 58.1 Å². The van der Waals surface area contributed by atoms with Crippen LogP contribution in [0.2, 0.25) is 0 Å². The van der Waals surface area contributed by atoms with E-state index in [0.717, 1.165) is 35.2 Å². The molecule has 0 saturated heterocycles. The van der Waals surface area contributed by atoms with Crippen molar-refractivity contribution in [3.8, 4) is 17.4 Å². The van der Waals surface area contributed by atoms with E-state index in [1.54, 1.807) is 12.4 Å². The molecule has 1 aromatic carbocycles. The van der Waals surface area contributed by atoms with Gasteiger partial charge < -0.3 is 15.0 Å². The molecular weight excluding hydrogens is 402 g/mol. The minimum atomic E-state index is -0.227. The second-order valence-corrected chi connectivity index (χ2v) is 8.67. The van der Waals surface area contributed by atoms with Crippen LogP contribution in [0.3, 0.4) is 0 Å². The van der Waals surface area contributed by atoms with E-state index >= 15 is 0 Å². The Morgan fingerprint density at radius 3 is 2.81 bits per heavy atom. The van der Waals surface area contributed by atoms with Gasteiger partial charge in [-0.25, -0.2) is 9.97 Å². The van der Waals surface area contributed by atoms with Crippen LogP contribution in [0.15, 0.2) is 55.0 Å². The zero-order chi connectivity index (χ0) is 21.7. The summed E-state index contributed by atoms with van der Waals surface area (Å²) in [6.45, 7) is 5.55. The van der Waals surface area contributed by atoms with Crippen molar-refractivity contribution in [2.45, 2.75) is 25.8 Å². The smallest absolute Gasteiger partial charge is 0.299 e. The number of hydrogen-bond acceptors (Lipinski definition) is 6. The average Bonchev–Trinajstić information content (AvgIpc) is 3.48. The Kier molecular flexibility index (Phi) is 4.14. The van der Waals surface area contributed by atoms with Crippen LogP contribution in [0.5, 0.6) is 6.01 Å². The fourth-order valence-corrected chi connectivity index (χ4v) is 4.29. The summed E-state index contributed by atoms with van der Waals surface area (Å²) in [6, 6.07) is 12.8. The normalized spacial score (nSPS) is 14.6. The summed E-state index contributed by atoms with van der Waals surface area (Å²) in [5, 5.41) is 4.75. The van der Waals surface area contributed by atoms with Gasteiger partial charge in [-0.3, -0.25) is 9.55 Å². The number of aromatic nitrogens is 6. The van der Waals surface area contributed by atoms with Crippen LogP contribution >= 0.6 is 0 Å². The first kappa shape index (κ1) is 18.8. The summed E-state index contributed by atoms with van der Waals surface area (Å²) >= 11 is 0. The Hall–Kier alpha value is -3.94. The highest BCUT2D eigenvalue weighted by Crippen LogP contribution is 2.37. The van der Waals surface area contributed by atoms with E-state index in [1.165, 1.54) is 10.9 Å². The minimum absolute atomic E-state index is 0.227. The van der Waals surface area contributed by atoms with E-state index in [9.17, 15) is 0 Å². The van der Waals surface area contributed by atoms with Gasteiger partial charge in [-0.1, -0.05) is 18.2 Å². The van der Waals surface area contributed by atoms with Crippen molar-refractivity contribution in [3.63, 3.8) is 0 Å². The van der Waals surface area contributed by atoms with Gasteiger partial charge in [0.05, 0.1) is 5.54 Å². The third-order valence-corrected chi connectivity index (χ3v) is 5.94. The summed E-state index contributed by atoms with van der Waals surface area (Å²) < 4.78 is 7.92. The standard InChI is InChI=1S/C24H23N7O/c1-24(2)14-32-23-28-19-21(26-12-9-16-13-27-18-6-4-3-5-17(16)18)29-20(30-22(19)31(23)24)15-7-10-25-11-8-15/h3-8,10-11,13,27H,9,12,14H2,1-2H3,(H,26,29,30). The Morgan fingerprint density at radius 2 is 1.94 bits per heavy atom. The molecule has 0 bridgehead atoms. The Morgan fingerprint density at radius 1 is 1.09 bits per heavy atom. The van der Waals surface area contributed by atoms with Crippen LogP contribution in [-0.4, -0.2) is 42.6 Å². The van der Waals surface area contributed by atoms with Crippen LogP contribution in [0, 0.1) is 0 Å². The van der Waals surface area contributed by atoms with E-state index in [4.69, 9.17) is 19.7 Å². The van der Waals surface area contributed by atoms with Crippen LogP contribution in [0.1, 0.15) is 19.4 Å². The number of para-hydroxylation sites is 1. The number of nitrogens with one attached hydrogen (secondary N) is 2. The Balaban J connectivity index is 1.39. The van der Waals surface area contributed by atoms with E-state index < -0.39 is 0 Å². The number of imidazole rings is 1. The Labute approximate surface area is 184 Å². The largest absolute Gasteiger partial charge is 0.462 e. The molecule has 5 aromatic rings. The highest BCUT2D eigenvalue weighted by Gasteiger charge is 2.36. The topological polar surface area (TPSA) is 93.5 Å². The molecule has 32 heavy (non-hydrogen) atoms. The SMILES string of the molecule is CC1(C)COc2nc3c(NCCc4c[nH]c5ccccc45)nc(-c4ccncc4)nc3n21. The summed E-state index contributed by atoms with van der Waals surface area (Å²) in [5.74, 6) is 1.35. The van der Waals surface area contributed by atoms with Gasteiger partial charge in [-0.15, -0.1) is 0 Å². The zero-order valence-electron chi connectivity index (χ0n) is 18.0. The highest BCUT2D eigenvalue weighted by atomic mass is 16.5. The number of nitrogens with zero attached hydrogens (tertiary/aromatic N) is 5. The minimum Gasteiger partial charge on any atom is -0.462 e. The molecule has 4 aromatic heterocycles. The molecule has 0 fully saturated rings. The lowest BCUT2D eigenvalue weighted by atomic mass is 10.1. The first-order valence-electron chi connectivity index (χ1n) is 10.7. The fraction of sp³-hybridized carbons (Fsp3) is 0.250. The van der Waals surface area contributed by atoms with E-state index in [-0.39, 0.29) is 5.54 Å². The summed E-state index contributed by atoms with van der Waals surface area (Å²) in [4.78, 5) is 21.9. The van der Waals surface area contributed by atoms with Crippen molar-refractivity contribution in [2.75, 3.05) is 18.5 Å². The maximum atomic E-state index is 5.85. The molecular formula is C24H23N7O. The van der Waals surface area contributed by atoms with Gasteiger partial charge >= 0.3 is 0 Å². The molecule has 8 heteroatoms. The fourth-order valence-electron chi connectivity index (χ4n) is 4.29. The average molecular weight is 425 g/mol. The van der Waals surface area contributed by atoms with Gasteiger partial charge in [0.25, 0.3) is 6.01 Å².